The van der Waals surface area contributed by atoms with Crippen LogP contribution in [0, 0.1) is 11.2 Å². The molecule has 1 aromatic carbocycles. The van der Waals surface area contributed by atoms with E-state index in [9.17, 15) is 18.8 Å². The second kappa shape index (κ2) is 4.57. The number of nitrogens with zero attached hydrogens (tertiary/aromatic N) is 1. The Balaban J connectivity index is 2.16. The second-order valence-electron chi connectivity index (χ2n) is 5.28. The molecule has 4 nitrogen and oxygen atoms in total. The zero-order valence-electron chi connectivity index (χ0n) is 10.8. The van der Waals surface area contributed by atoms with E-state index in [0.717, 1.165) is 11.0 Å². The van der Waals surface area contributed by atoms with Gasteiger partial charge in [-0.3, -0.25) is 19.3 Å². The number of ketones is 1. The number of amides is 2. The Hall–Kier alpha value is -2.04. The van der Waals surface area contributed by atoms with Crippen LogP contribution >= 0.6 is 0 Å². The van der Waals surface area contributed by atoms with E-state index in [0.29, 0.717) is 0 Å². The molecule has 100 valence electrons. The van der Waals surface area contributed by atoms with E-state index in [1.807, 2.05) is 0 Å². The summed E-state index contributed by atoms with van der Waals surface area (Å²) in [5.41, 5.74) is -0.607. The molecule has 0 N–H and O–H groups in total. The summed E-state index contributed by atoms with van der Waals surface area (Å²) in [5, 5.41) is 0. The fourth-order valence-electron chi connectivity index (χ4n) is 2.08. The van der Waals surface area contributed by atoms with Crippen molar-refractivity contribution in [3.8, 4) is 0 Å². The van der Waals surface area contributed by atoms with Crippen LogP contribution in [0.15, 0.2) is 24.3 Å². The van der Waals surface area contributed by atoms with E-state index in [-0.39, 0.29) is 30.3 Å². The van der Waals surface area contributed by atoms with E-state index < -0.39 is 17.0 Å². The fraction of sp³-hybridized carbons (Fsp3) is 0.357. The first kappa shape index (κ1) is 13.4. The number of benzene rings is 1. The second-order valence-corrected chi connectivity index (χ2v) is 5.28. The third kappa shape index (κ3) is 2.54. The van der Waals surface area contributed by atoms with Gasteiger partial charge in [0.25, 0.3) is 0 Å². The summed E-state index contributed by atoms with van der Waals surface area (Å²) in [7, 11) is 0. The molecule has 0 saturated carbocycles. The van der Waals surface area contributed by atoms with Gasteiger partial charge in [0.2, 0.25) is 11.8 Å². The minimum absolute atomic E-state index is 0.0995. The highest BCUT2D eigenvalue weighted by molar-refractivity contribution is 6.10. The number of hydrogen-bond acceptors (Lipinski definition) is 3. The molecule has 2 rings (SSSR count). The van der Waals surface area contributed by atoms with Crippen molar-refractivity contribution in [1.29, 1.82) is 0 Å². The first-order valence-corrected chi connectivity index (χ1v) is 5.95. The van der Waals surface area contributed by atoms with Gasteiger partial charge in [0.05, 0.1) is 12.0 Å². The summed E-state index contributed by atoms with van der Waals surface area (Å²) >= 11 is 0. The van der Waals surface area contributed by atoms with Crippen molar-refractivity contribution in [3.05, 3.63) is 35.6 Å². The molecule has 1 saturated heterocycles. The van der Waals surface area contributed by atoms with Crippen LogP contribution in [-0.2, 0) is 9.59 Å². The van der Waals surface area contributed by atoms with Gasteiger partial charge in [0.15, 0.2) is 5.78 Å². The van der Waals surface area contributed by atoms with Crippen molar-refractivity contribution in [2.75, 3.05) is 6.54 Å². The van der Waals surface area contributed by atoms with Crippen molar-refractivity contribution in [1.82, 2.24) is 4.90 Å². The van der Waals surface area contributed by atoms with Gasteiger partial charge in [-0.25, -0.2) is 4.39 Å². The van der Waals surface area contributed by atoms with Crippen LogP contribution in [0.5, 0.6) is 0 Å². The lowest BCUT2D eigenvalue weighted by molar-refractivity contribution is -0.140. The average Bonchev–Trinajstić information content (AvgIpc) is 2.51. The van der Waals surface area contributed by atoms with Gasteiger partial charge in [0, 0.05) is 12.0 Å². The summed E-state index contributed by atoms with van der Waals surface area (Å²) in [6.45, 7) is 3.00. The van der Waals surface area contributed by atoms with E-state index in [1.54, 1.807) is 13.8 Å². The smallest absolute Gasteiger partial charge is 0.235 e. The minimum Gasteiger partial charge on any atom is -0.292 e. The molecule has 1 aliphatic rings. The third-order valence-electron chi connectivity index (χ3n) is 3.17. The normalized spacial score (nSPS) is 17.9. The van der Waals surface area contributed by atoms with Gasteiger partial charge >= 0.3 is 0 Å². The molecule has 0 unspecified atom stereocenters. The largest absolute Gasteiger partial charge is 0.292 e. The molecule has 0 bridgehead atoms. The number of carbonyl (C=O) groups is 3. The maximum Gasteiger partial charge on any atom is 0.235 e. The lowest BCUT2D eigenvalue weighted by Crippen LogP contribution is -2.37. The van der Waals surface area contributed by atoms with Crippen LogP contribution in [0.3, 0.4) is 0 Å². The number of Topliss-reactive ketones (excluding diaryl/α,β-unsaturated/α-hetero) is 1. The quantitative estimate of drug-likeness (QED) is 0.617. The van der Waals surface area contributed by atoms with Gasteiger partial charge in [0.1, 0.15) is 5.82 Å². The maximum atomic E-state index is 13.0. The van der Waals surface area contributed by atoms with Crippen LogP contribution in [0.4, 0.5) is 4.39 Å². The fourth-order valence-corrected chi connectivity index (χ4v) is 2.08. The van der Waals surface area contributed by atoms with Crippen LogP contribution in [0.2, 0.25) is 0 Å². The molecule has 1 fully saturated rings. The molecule has 0 radical (unpaired) electrons. The zero-order valence-corrected chi connectivity index (χ0v) is 10.8. The molecule has 0 atom stereocenters. The average molecular weight is 263 g/mol. The summed E-state index contributed by atoms with van der Waals surface area (Å²) in [5.74, 6) is -1.69. The number of likely N-dealkylation sites (tertiary alicyclic amines) is 1. The Morgan fingerprint density at radius 3 is 2.58 bits per heavy atom. The van der Waals surface area contributed by atoms with Crippen molar-refractivity contribution < 1.29 is 18.8 Å². The van der Waals surface area contributed by atoms with E-state index in [1.165, 1.54) is 18.2 Å². The summed E-state index contributed by atoms with van der Waals surface area (Å²) in [4.78, 5) is 36.6. The van der Waals surface area contributed by atoms with Gasteiger partial charge in [-0.2, -0.15) is 0 Å². The van der Waals surface area contributed by atoms with Crippen molar-refractivity contribution in [2.45, 2.75) is 20.3 Å². The predicted octanol–water partition coefficient (Wildman–Crippen LogP) is 1.79. The van der Waals surface area contributed by atoms with Gasteiger partial charge in [-0.15, -0.1) is 0 Å². The van der Waals surface area contributed by atoms with Crippen molar-refractivity contribution >= 4 is 17.6 Å². The lowest BCUT2D eigenvalue weighted by atomic mass is 9.92. The highest BCUT2D eigenvalue weighted by atomic mass is 19.1. The molecule has 0 aromatic heterocycles. The Morgan fingerprint density at radius 2 is 2.05 bits per heavy atom. The Bertz CT molecular complexity index is 566. The van der Waals surface area contributed by atoms with E-state index >= 15 is 0 Å². The summed E-state index contributed by atoms with van der Waals surface area (Å²) in [6, 6.07) is 5.20. The minimum atomic E-state index is -0.765. The number of rotatable bonds is 3. The van der Waals surface area contributed by atoms with Crippen LogP contribution in [-0.4, -0.2) is 29.0 Å². The first-order valence-electron chi connectivity index (χ1n) is 5.95. The first-order chi connectivity index (χ1) is 8.81. The molecule has 0 spiro atoms. The lowest BCUT2D eigenvalue weighted by Gasteiger charge is -2.17. The predicted molar refractivity (Wildman–Crippen MR) is 65.8 cm³/mol. The molecule has 19 heavy (non-hydrogen) atoms. The van der Waals surface area contributed by atoms with E-state index in [2.05, 4.69) is 0 Å². The molecular formula is C14H14FNO3. The standard InChI is InChI=1S/C14H14FNO3/c1-14(2)7-12(18)16(13(14)19)8-11(17)9-4-3-5-10(15)6-9/h3-6H,7-8H2,1-2H3. The Kier molecular flexibility index (Phi) is 3.22. The molecule has 1 aliphatic heterocycles. The summed E-state index contributed by atoms with van der Waals surface area (Å²) < 4.78 is 13.0. The third-order valence-corrected chi connectivity index (χ3v) is 3.17. The number of hydrogen-bond donors (Lipinski definition) is 0. The van der Waals surface area contributed by atoms with Gasteiger partial charge < -0.3 is 0 Å². The molecule has 1 aromatic rings. The van der Waals surface area contributed by atoms with Crippen molar-refractivity contribution in [2.24, 2.45) is 5.41 Å². The molecule has 1 heterocycles. The highest BCUT2D eigenvalue weighted by Gasteiger charge is 2.45. The molecule has 2 amide bonds. The van der Waals surface area contributed by atoms with Crippen molar-refractivity contribution in [3.63, 3.8) is 0 Å². The van der Waals surface area contributed by atoms with Crippen LogP contribution < -0.4 is 0 Å². The van der Waals surface area contributed by atoms with Gasteiger partial charge in [-0.05, 0) is 12.1 Å². The number of halogens is 1. The topological polar surface area (TPSA) is 54.5 Å². The number of imide groups is 1. The van der Waals surface area contributed by atoms with Crippen LogP contribution in [0.1, 0.15) is 30.6 Å². The monoisotopic (exact) mass is 263 g/mol. The highest BCUT2D eigenvalue weighted by Crippen LogP contribution is 2.31. The SMILES string of the molecule is CC1(C)CC(=O)N(CC(=O)c2cccc(F)c2)C1=O. The maximum absolute atomic E-state index is 13.0. The molecular weight excluding hydrogens is 249 g/mol. The van der Waals surface area contributed by atoms with Crippen LogP contribution in [0.25, 0.3) is 0 Å². The molecule has 0 aliphatic carbocycles. The molecule has 5 heteroatoms. The number of carbonyl (C=O) groups excluding carboxylic acids is 3. The van der Waals surface area contributed by atoms with E-state index in [4.69, 9.17) is 0 Å². The Labute approximate surface area is 110 Å². The Morgan fingerprint density at radius 1 is 1.37 bits per heavy atom. The zero-order chi connectivity index (χ0) is 14.2. The summed E-state index contributed by atoms with van der Waals surface area (Å²) in [6.07, 6.45) is 0.0995. The van der Waals surface area contributed by atoms with Gasteiger partial charge in [-0.1, -0.05) is 26.0 Å².